The SMILES string of the molecule is CCN(C(=O)c1ccc(NN)nc1)c1ccccc1F. The second-order valence-electron chi connectivity index (χ2n) is 4.08. The molecule has 0 radical (unpaired) electrons. The summed E-state index contributed by atoms with van der Waals surface area (Å²) in [5, 5.41) is 0. The molecule has 0 aliphatic carbocycles. The fraction of sp³-hybridized carbons (Fsp3) is 0.143. The molecule has 0 bridgehead atoms. The number of rotatable bonds is 4. The minimum Gasteiger partial charge on any atom is -0.308 e. The molecule has 0 unspecified atom stereocenters. The summed E-state index contributed by atoms with van der Waals surface area (Å²) in [6, 6.07) is 9.34. The van der Waals surface area contributed by atoms with Crippen LogP contribution in [-0.2, 0) is 0 Å². The van der Waals surface area contributed by atoms with Gasteiger partial charge in [-0.3, -0.25) is 4.79 Å². The Labute approximate surface area is 116 Å². The zero-order chi connectivity index (χ0) is 14.5. The fourth-order valence-electron chi connectivity index (χ4n) is 1.86. The fourth-order valence-corrected chi connectivity index (χ4v) is 1.86. The Morgan fingerprint density at radius 1 is 1.35 bits per heavy atom. The van der Waals surface area contributed by atoms with Gasteiger partial charge in [0.2, 0.25) is 0 Å². The molecule has 104 valence electrons. The molecular weight excluding hydrogens is 259 g/mol. The molecule has 3 N–H and O–H groups in total. The maximum atomic E-state index is 13.8. The van der Waals surface area contributed by atoms with Crippen molar-refractivity contribution in [3.05, 3.63) is 54.0 Å². The van der Waals surface area contributed by atoms with E-state index in [1.807, 2.05) is 0 Å². The van der Waals surface area contributed by atoms with E-state index in [1.165, 1.54) is 17.2 Å². The van der Waals surface area contributed by atoms with Crippen LogP contribution in [0.25, 0.3) is 0 Å². The van der Waals surface area contributed by atoms with E-state index in [0.717, 1.165) is 0 Å². The molecule has 0 aliphatic heterocycles. The van der Waals surface area contributed by atoms with Gasteiger partial charge >= 0.3 is 0 Å². The van der Waals surface area contributed by atoms with Crippen molar-refractivity contribution in [1.29, 1.82) is 0 Å². The van der Waals surface area contributed by atoms with Crippen LogP contribution in [0.1, 0.15) is 17.3 Å². The Balaban J connectivity index is 2.31. The number of nitrogen functional groups attached to an aromatic ring is 1. The third-order valence-electron chi connectivity index (χ3n) is 2.86. The first-order valence-corrected chi connectivity index (χ1v) is 6.16. The second kappa shape index (κ2) is 6.12. The number of nitrogens with two attached hydrogens (primary N) is 1. The Kier molecular flexibility index (Phi) is 4.27. The van der Waals surface area contributed by atoms with E-state index in [4.69, 9.17) is 5.84 Å². The van der Waals surface area contributed by atoms with Crippen LogP contribution in [-0.4, -0.2) is 17.4 Å². The predicted molar refractivity (Wildman–Crippen MR) is 75.8 cm³/mol. The average molecular weight is 274 g/mol. The second-order valence-corrected chi connectivity index (χ2v) is 4.08. The van der Waals surface area contributed by atoms with E-state index in [-0.39, 0.29) is 11.6 Å². The summed E-state index contributed by atoms with van der Waals surface area (Å²) < 4.78 is 13.8. The van der Waals surface area contributed by atoms with Crippen molar-refractivity contribution in [1.82, 2.24) is 4.98 Å². The molecule has 2 aromatic rings. The summed E-state index contributed by atoms with van der Waals surface area (Å²) in [6.45, 7) is 2.14. The summed E-state index contributed by atoms with van der Waals surface area (Å²) in [7, 11) is 0. The van der Waals surface area contributed by atoms with Gasteiger partial charge in [0.05, 0.1) is 11.3 Å². The molecule has 0 saturated heterocycles. The van der Waals surface area contributed by atoms with Crippen molar-refractivity contribution in [2.75, 3.05) is 16.9 Å². The number of anilines is 2. The summed E-state index contributed by atoms with van der Waals surface area (Å²) in [5.41, 5.74) is 3.00. The normalized spacial score (nSPS) is 10.2. The minimum atomic E-state index is -0.434. The third kappa shape index (κ3) is 2.75. The molecule has 1 heterocycles. The molecule has 1 aromatic carbocycles. The monoisotopic (exact) mass is 274 g/mol. The van der Waals surface area contributed by atoms with E-state index in [2.05, 4.69) is 10.4 Å². The molecule has 2 rings (SSSR count). The number of halogens is 1. The van der Waals surface area contributed by atoms with Gasteiger partial charge in [-0.1, -0.05) is 12.1 Å². The molecule has 0 saturated carbocycles. The van der Waals surface area contributed by atoms with E-state index >= 15 is 0 Å². The highest BCUT2D eigenvalue weighted by atomic mass is 19.1. The zero-order valence-corrected chi connectivity index (χ0v) is 11.0. The van der Waals surface area contributed by atoms with Crippen LogP contribution in [0.3, 0.4) is 0 Å². The van der Waals surface area contributed by atoms with Crippen molar-refractivity contribution in [2.45, 2.75) is 6.92 Å². The van der Waals surface area contributed by atoms with Crippen molar-refractivity contribution in [3.8, 4) is 0 Å². The number of aromatic nitrogens is 1. The third-order valence-corrected chi connectivity index (χ3v) is 2.86. The van der Waals surface area contributed by atoms with Crippen LogP contribution in [0.5, 0.6) is 0 Å². The highest BCUT2D eigenvalue weighted by molar-refractivity contribution is 6.06. The van der Waals surface area contributed by atoms with Crippen LogP contribution in [0.2, 0.25) is 0 Å². The van der Waals surface area contributed by atoms with Crippen molar-refractivity contribution in [3.63, 3.8) is 0 Å². The van der Waals surface area contributed by atoms with Crippen LogP contribution < -0.4 is 16.2 Å². The topological polar surface area (TPSA) is 71.2 Å². The number of amides is 1. The largest absolute Gasteiger partial charge is 0.308 e. The van der Waals surface area contributed by atoms with E-state index in [0.29, 0.717) is 17.9 Å². The first-order chi connectivity index (χ1) is 9.67. The molecule has 1 amide bonds. The Hall–Kier alpha value is -2.47. The molecule has 0 atom stereocenters. The number of carbonyl (C=O) groups is 1. The lowest BCUT2D eigenvalue weighted by Crippen LogP contribution is -2.31. The van der Waals surface area contributed by atoms with Gasteiger partial charge in [-0.2, -0.15) is 0 Å². The molecule has 5 nitrogen and oxygen atoms in total. The summed E-state index contributed by atoms with van der Waals surface area (Å²) in [6.07, 6.45) is 1.40. The van der Waals surface area contributed by atoms with Gasteiger partial charge in [-0.05, 0) is 31.2 Å². The number of hydrazine groups is 1. The first kappa shape index (κ1) is 14.0. The summed E-state index contributed by atoms with van der Waals surface area (Å²) >= 11 is 0. The Bertz CT molecular complexity index is 600. The van der Waals surface area contributed by atoms with E-state index in [1.54, 1.807) is 37.3 Å². The smallest absolute Gasteiger partial charge is 0.259 e. The Morgan fingerprint density at radius 3 is 2.65 bits per heavy atom. The summed E-state index contributed by atoms with van der Waals surface area (Å²) in [5.74, 6) is 4.92. The predicted octanol–water partition coefficient (Wildman–Crippen LogP) is 2.17. The highest BCUT2D eigenvalue weighted by Gasteiger charge is 2.19. The van der Waals surface area contributed by atoms with E-state index in [9.17, 15) is 9.18 Å². The van der Waals surface area contributed by atoms with Crippen LogP contribution in [0, 0.1) is 5.82 Å². The molecule has 0 aliphatic rings. The lowest BCUT2D eigenvalue weighted by molar-refractivity contribution is 0.0987. The van der Waals surface area contributed by atoms with Gasteiger partial charge in [0.25, 0.3) is 5.91 Å². The van der Waals surface area contributed by atoms with Crippen molar-refractivity contribution >= 4 is 17.4 Å². The maximum absolute atomic E-state index is 13.8. The number of carbonyl (C=O) groups excluding carboxylic acids is 1. The van der Waals surface area contributed by atoms with Gasteiger partial charge in [-0.15, -0.1) is 0 Å². The number of para-hydroxylation sites is 1. The van der Waals surface area contributed by atoms with Gasteiger partial charge < -0.3 is 10.3 Å². The molecule has 0 fully saturated rings. The van der Waals surface area contributed by atoms with Gasteiger partial charge in [-0.25, -0.2) is 15.2 Å². The summed E-state index contributed by atoms with van der Waals surface area (Å²) in [4.78, 5) is 17.7. The number of nitrogens with one attached hydrogen (secondary N) is 1. The minimum absolute atomic E-state index is 0.251. The van der Waals surface area contributed by atoms with Gasteiger partial charge in [0.15, 0.2) is 0 Å². The molecule has 1 aromatic heterocycles. The standard InChI is InChI=1S/C14H15FN4O/c1-2-19(12-6-4-3-5-11(12)15)14(20)10-7-8-13(18-16)17-9-10/h3-9H,2,16H2,1H3,(H,17,18). The van der Waals surface area contributed by atoms with Crippen molar-refractivity contribution < 1.29 is 9.18 Å². The molecule has 6 heteroatoms. The lowest BCUT2D eigenvalue weighted by Gasteiger charge is -2.21. The lowest BCUT2D eigenvalue weighted by atomic mass is 10.2. The molecule has 20 heavy (non-hydrogen) atoms. The van der Waals surface area contributed by atoms with Gasteiger partial charge in [0, 0.05) is 12.7 Å². The molecule has 0 spiro atoms. The van der Waals surface area contributed by atoms with Crippen LogP contribution in [0.4, 0.5) is 15.9 Å². The van der Waals surface area contributed by atoms with Crippen molar-refractivity contribution in [2.24, 2.45) is 5.84 Å². The quantitative estimate of drug-likeness (QED) is 0.662. The van der Waals surface area contributed by atoms with Crippen LogP contribution >= 0.6 is 0 Å². The number of nitrogens with zero attached hydrogens (tertiary/aromatic N) is 2. The number of hydrogen-bond donors (Lipinski definition) is 2. The number of benzene rings is 1. The van der Waals surface area contributed by atoms with Gasteiger partial charge in [0.1, 0.15) is 11.6 Å². The van der Waals surface area contributed by atoms with E-state index < -0.39 is 5.82 Å². The van der Waals surface area contributed by atoms with Crippen LogP contribution in [0.15, 0.2) is 42.6 Å². The maximum Gasteiger partial charge on any atom is 0.259 e. The highest BCUT2D eigenvalue weighted by Crippen LogP contribution is 2.20. The number of hydrogen-bond acceptors (Lipinski definition) is 4. The number of pyridine rings is 1. The Morgan fingerprint density at radius 2 is 2.10 bits per heavy atom. The zero-order valence-electron chi connectivity index (χ0n) is 11.0. The molecular formula is C14H15FN4O. The average Bonchev–Trinajstić information content (AvgIpc) is 2.50. The first-order valence-electron chi connectivity index (χ1n) is 6.16.